The number of nitro benzene ring substituents is 1. The van der Waals surface area contributed by atoms with Crippen molar-refractivity contribution >= 4 is 34.0 Å². The van der Waals surface area contributed by atoms with Crippen LogP contribution in [0.25, 0.3) is 11.5 Å². The van der Waals surface area contributed by atoms with Crippen molar-refractivity contribution in [3.05, 3.63) is 94.8 Å². The number of thioether (sulfide) groups is 1. The van der Waals surface area contributed by atoms with Gasteiger partial charge in [0.2, 0.25) is 11.7 Å². The summed E-state index contributed by atoms with van der Waals surface area (Å²) in [5.74, 6) is -0.0958. The first-order chi connectivity index (χ1) is 15.6. The number of carbonyl (C=O) groups is 1. The second-order valence-corrected chi connectivity index (χ2v) is 7.18. The summed E-state index contributed by atoms with van der Waals surface area (Å²) in [4.78, 5) is 27.3. The smallest absolute Gasteiger partial charge is 0.283 e. The number of anilines is 1. The molecule has 2 aromatic heterocycles. The summed E-state index contributed by atoms with van der Waals surface area (Å²) >= 11 is 0.903. The predicted molar refractivity (Wildman–Crippen MR) is 118 cm³/mol. The maximum absolute atomic E-state index is 13.0. The maximum Gasteiger partial charge on any atom is 0.283 e. The fourth-order valence-electron chi connectivity index (χ4n) is 2.55. The van der Waals surface area contributed by atoms with E-state index >= 15 is 0 Å². The van der Waals surface area contributed by atoms with Gasteiger partial charge in [-0.1, -0.05) is 30.3 Å². The van der Waals surface area contributed by atoms with Crippen LogP contribution in [0.3, 0.4) is 0 Å². The molecule has 0 spiro atoms. The predicted octanol–water partition coefficient (Wildman–Crippen LogP) is 4.44. The van der Waals surface area contributed by atoms with Crippen LogP contribution >= 0.6 is 11.8 Å². The number of hydrazone groups is 1. The van der Waals surface area contributed by atoms with Crippen molar-refractivity contribution in [2.45, 2.75) is 5.22 Å². The summed E-state index contributed by atoms with van der Waals surface area (Å²) in [7, 11) is 0. The second kappa shape index (κ2) is 9.62. The summed E-state index contributed by atoms with van der Waals surface area (Å²) in [5, 5.41) is 23.1. The first-order valence-electron chi connectivity index (χ1n) is 9.20. The summed E-state index contributed by atoms with van der Waals surface area (Å²) in [5.41, 5.74) is 4.23. The molecule has 2 aromatic carbocycles. The fraction of sp³-hybridized carbons (Fsp3) is 0. The van der Waals surface area contributed by atoms with Crippen LogP contribution in [0.2, 0.25) is 0 Å². The van der Waals surface area contributed by atoms with Crippen LogP contribution in [0.1, 0.15) is 10.4 Å². The first-order valence-corrected chi connectivity index (χ1v) is 10.0. The largest absolute Gasteiger partial charge is 0.411 e. The topological polar surface area (TPSA) is 136 Å². The minimum Gasteiger partial charge on any atom is -0.411 e. The Morgan fingerprint density at radius 3 is 2.50 bits per heavy atom. The number of aromatic nitrogens is 3. The summed E-state index contributed by atoms with van der Waals surface area (Å²) in [6.07, 6.45) is 3.21. The number of ketones is 1. The highest BCUT2D eigenvalue weighted by molar-refractivity contribution is 8.15. The quantitative estimate of drug-likeness (QED) is 0.109. The Morgan fingerprint density at radius 1 is 1.03 bits per heavy atom. The zero-order valence-corrected chi connectivity index (χ0v) is 17.1. The lowest BCUT2D eigenvalue weighted by atomic mass is 10.1. The van der Waals surface area contributed by atoms with E-state index in [1.807, 2.05) is 0 Å². The van der Waals surface area contributed by atoms with Gasteiger partial charge in [0.05, 0.1) is 16.2 Å². The third kappa shape index (κ3) is 5.02. The van der Waals surface area contributed by atoms with Gasteiger partial charge in [0.1, 0.15) is 0 Å². The molecule has 4 aromatic rings. The summed E-state index contributed by atoms with van der Waals surface area (Å²) < 4.78 is 5.65. The zero-order chi connectivity index (χ0) is 22.3. The van der Waals surface area contributed by atoms with E-state index in [4.69, 9.17) is 4.42 Å². The van der Waals surface area contributed by atoms with Gasteiger partial charge in [0.15, 0.2) is 5.04 Å². The van der Waals surface area contributed by atoms with Crippen molar-refractivity contribution in [1.29, 1.82) is 0 Å². The number of benzene rings is 2. The van der Waals surface area contributed by atoms with Crippen LogP contribution in [-0.2, 0) is 0 Å². The van der Waals surface area contributed by atoms with Crippen LogP contribution in [-0.4, -0.2) is 30.9 Å². The summed E-state index contributed by atoms with van der Waals surface area (Å²) in [6.45, 7) is 0. The number of hydrogen-bond acceptors (Lipinski definition) is 10. The van der Waals surface area contributed by atoms with Crippen LogP contribution in [0.4, 0.5) is 11.4 Å². The van der Waals surface area contributed by atoms with E-state index in [0.717, 1.165) is 11.8 Å². The Morgan fingerprint density at radius 2 is 1.81 bits per heavy atom. The molecule has 0 aliphatic carbocycles. The Hall–Kier alpha value is -4.38. The van der Waals surface area contributed by atoms with Crippen molar-refractivity contribution in [2.75, 3.05) is 5.43 Å². The van der Waals surface area contributed by atoms with Crippen LogP contribution in [0.5, 0.6) is 0 Å². The molecule has 0 saturated carbocycles. The van der Waals surface area contributed by atoms with Crippen molar-refractivity contribution in [2.24, 2.45) is 5.10 Å². The van der Waals surface area contributed by atoms with Gasteiger partial charge in [-0.2, -0.15) is 5.10 Å². The maximum atomic E-state index is 13.0. The zero-order valence-electron chi connectivity index (χ0n) is 16.3. The number of nitrogens with one attached hydrogen (secondary N) is 1. The molecule has 0 aliphatic rings. The van der Waals surface area contributed by atoms with E-state index in [-0.39, 0.29) is 27.6 Å². The van der Waals surface area contributed by atoms with Gasteiger partial charge in [0.25, 0.3) is 10.9 Å². The molecular formula is C21H14N6O4S. The van der Waals surface area contributed by atoms with Gasteiger partial charge in [0, 0.05) is 30.1 Å². The van der Waals surface area contributed by atoms with Gasteiger partial charge in [-0.05, 0) is 36.0 Å². The molecule has 10 nitrogen and oxygen atoms in total. The number of nitrogens with zero attached hydrogens (tertiary/aromatic N) is 5. The Balaban J connectivity index is 1.59. The van der Waals surface area contributed by atoms with E-state index in [9.17, 15) is 14.9 Å². The van der Waals surface area contributed by atoms with E-state index in [1.54, 1.807) is 54.9 Å². The first kappa shape index (κ1) is 20.9. The van der Waals surface area contributed by atoms with E-state index < -0.39 is 4.92 Å². The second-order valence-electron chi connectivity index (χ2n) is 6.24. The Bertz CT molecular complexity index is 1260. The molecule has 0 unspecified atom stereocenters. The molecule has 0 radical (unpaired) electrons. The fourth-order valence-corrected chi connectivity index (χ4v) is 3.22. The molecule has 0 atom stereocenters. The standard InChI is InChI=1S/C21H14N6O4S/c28-18(14-5-2-1-3-6-14)20(25-23-16-8-10-17(11-9-16)27(29)30)32-21-26-24-19(31-21)15-7-4-12-22-13-15/h1-13,23H/b25-20+. The minimum absolute atomic E-state index is 0.0518. The lowest BCUT2D eigenvalue weighted by Gasteiger charge is -2.05. The molecule has 4 rings (SSSR count). The molecule has 11 heteroatoms. The number of non-ortho nitro benzene ring substituents is 1. The monoisotopic (exact) mass is 446 g/mol. The number of carbonyl (C=O) groups excluding carboxylic acids is 1. The average molecular weight is 446 g/mol. The van der Waals surface area contributed by atoms with Crippen molar-refractivity contribution in [3.63, 3.8) is 0 Å². The lowest BCUT2D eigenvalue weighted by molar-refractivity contribution is -0.384. The molecule has 0 bridgehead atoms. The van der Waals surface area contributed by atoms with Crippen LogP contribution < -0.4 is 5.43 Å². The number of hydrogen-bond donors (Lipinski definition) is 1. The van der Waals surface area contributed by atoms with Gasteiger partial charge in [-0.25, -0.2) is 0 Å². The number of pyridine rings is 1. The SMILES string of the molecule is O=C(/C(=N\Nc1ccc([N+](=O)[O-])cc1)Sc1nnc(-c2cccnc2)o1)c1ccccc1. The highest BCUT2D eigenvalue weighted by Crippen LogP contribution is 2.25. The Kier molecular flexibility index (Phi) is 6.28. The van der Waals surface area contributed by atoms with E-state index in [0.29, 0.717) is 16.8 Å². The minimum atomic E-state index is -0.497. The third-order valence-electron chi connectivity index (χ3n) is 4.09. The van der Waals surface area contributed by atoms with E-state index in [2.05, 4.69) is 25.7 Å². The average Bonchev–Trinajstić information content (AvgIpc) is 3.31. The molecular weight excluding hydrogens is 432 g/mol. The lowest BCUT2D eigenvalue weighted by Crippen LogP contribution is -2.13. The molecule has 32 heavy (non-hydrogen) atoms. The third-order valence-corrected chi connectivity index (χ3v) is 4.90. The van der Waals surface area contributed by atoms with Crippen LogP contribution in [0, 0.1) is 10.1 Å². The molecule has 0 fully saturated rings. The normalized spacial score (nSPS) is 11.2. The molecule has 158 valence electrons. The van der Waals surface area contributed by atoms with Gasteiger partial charge >= 0.3 is 0 Å². The van der Waals surface area contributed by atoms with E-state index in [1.165, 1.54) is 24.3 Å². The highest BCUT2D eigenvalue weighted by Gasteiger charge is 2.20. The van der Waals surface area contributed by atoms with Crippen molar-refractivity contribution in [3.8, 4) is 11.5 Å². The van der Waals surface area contributed by atoms with Crippen LogP contribution in [0.15, 0.2) is 93.9 Å². The molecule has 0 saturated heterocycles. The van der Waals surface area contributed by atoms with Gasteiger partial charge < -0.3 is 4.42 Å². The number of nitro groups is 1. The van der Waals surface area contributed by atoms with Crippen molar-refractivity contribution < 1.29 is 14.1 Å². The Labute approximate surface area is 185 Å². The molecule has 1 N–H and O–H groups in total. The number of Topliss-reactive ketones (excluding diaryl/α,β-unsaturated/α-hetero) is 1. The molecule has 0 amide bonds. The molecule has 0 aliphatic heterocycles. The van der Waals surface area contributed by atoms with Crippen molar-refractivity contribution in [1.82, 2.24) is 15.2 Å². The summed E-state index contributed by atoms with van der Waals surface area (Å²) in [6, 6.07) is 17.8. The van der Waals surface area contributed by atoms with Gasteiger partial charge in [-0.15, -0.1) is 10.2 Å². The van der Waals surface area contributed by atoms with Gasteiger partial charge in [-0.3, -0.25) is 25.3 Å². The number of rotatable bonds is 7. The highest BCUT2D eigenvalue weighted by atomic mass is 32.2. The molecule has 2 heterocycles.